The quantitative estimate of drug-likeness (QED) is 0.421. The maximum Gasteiger partial charge on any atom is 0.341 e. The Kier molecular flexibility index (Phi) is 5.39. The molecule has 6 nitrogen and oxygen atoms in total. The van der Waals surface area contributed by atoms with Gasteiger partial charge >= 0.3 is 5.97 Å². The number of para-hydroxylation sites is 1. The molecule has 1 amide bonds. The van der Waals surface area contributed by atoms with Crippen molar-refractivity contribution in [3.8, 4) is 11.1 Å². The van der Waals surface area contributed by atoms with E-state index in [2.05, 4.69) is 5.32 Å². The molecule has 8 heteroatoms. The second-order valence-electron chi connectivity index (χ2n) is 6.31. The molecule has 0 aliphatic rings. The number of benzene rings is 2. The van der Waals surface area contributed by atoms with E-state index in [1.807, 2.05) is 6.07 Å². The zero-order chi connectivity index (χ0) is 21.3. The number of ether oxygens (including phenoxy) is 1. The summed E-state index contributed by atoms with van der Waals surface area (Å²) in [6, 6.07) is 15.8. The number of carbonyl (C=O) groups excluding carboxylic acids is 2. The van der Waals surface area contributed by atoms with E-state index in [1.54, 1.807) is 53.9 Å². The third-order valence-corrected chi connectivity index (χ3v) is 5.72. The zero-order valence-corrected chi connectivity index (χ0v) is 17.3. The van der Waals surface area contributed by atoms with Gasteiger partial charge in [-0.25, -0.2) is 4.79 Å². The Morgan fingerprint density at radius 2 is 1.83 bits per heavy atom. The summed E-state index contributed by atoms with van der Waals surface area (Å²) in [7, 11) is 1.27. The van der Waals surface area contributed by atoms with Crippen LogP contribution >= 0.6 is 22.9 Å². The summed E-state index contributed by atoms with van der Waals surface area (Å²) in [6.07, 6.45) is 0. The number of nitrogens with one attached hydrogen (secondary N) is 2. The molecule has 0 atom stereocenters. The molecule has 4 rings (SSSR count). The number of fused-ring (bicyclic) bond motifs is 1. The van der Waals surface area contributed by atoms with E-state index in [0.29, 0.717) is 32.1 Å². The highest BCUT2D eigenvalue weighted by Gasteiger charge is 2.24. The summed E-state index contributed by atoms with van der Waals surface area (Å²) in [4.78, 5) is 25.4. The van der Waals surface area contributed by atoms with Crippen molar-refractivity contribution in [2.24, 2.45) is 0 Å². The van der Waals surface area contributed by atoms with Gasteiger partial charge in [0.05, 0.1) is 7.11 Å². The monoisotopic (exact) mass is 438 g/mol. The Balaban J connectivity index is 1.76. The molecule has 2 aromatic heterocycles. The van der Waals surface area contributed by atoms with Crippen molar-refractivity contribution in [2.75, 3.05) is 12.4 Å². The van der Waals surface area contributed by atoms with Crippen molar-refractivity contribution < 1.29 is 18.7 Å². The van der Waals surface area contributed by atoms with Crippen molar-refractivity contribution in [3.05, 3.63) is 81.7 Å². The fourth-order valence-electron chi connectivity index (χ4n) is 3.05. The minimum atomic E-state index is -0.601. The average molecular weight is 439 g/mol. The number of methoxy groups -OCH3 is 1. The second-order valence-corrected chi connectivity index (χ2v) is 7.59. The highest BCUT2D eigenvalue weighted by molar-refractivity contribution is 7.15. The van der Waals surface area contributed by atoms with Gasteiger partial charge in [-0.2, -0.15) is 0 Å². The normalized spacial score (nSPS) is 10.7. The van der Waals surface area contributed by atoms with Crippen LogP contribution in [0.15, 0.2) is 64.4 Å². The Labute approximate surface area is 180 Å². The lowest BCUT2D eigenvalue weighted by Crippen LogP contribution is -2.21. The molecular weight excluding hydrogens is 424 g/mol. The van der Waals surface area contributed by atoms with Crippen LogP contribution in [0.3, 0.4) is 0 Å². The van der Waals surface area contributed by atoms with E-state index in [9.17, 15) is 9.59 Å². The van der Waals surface area contributed by atoms with Crippen LogP contribution < -0.4 is 10.9 Å². The summed E-state index contributed by atoms with van der Waals surface area (Å²) in [5.41, 5.74) is 1.70. The van der Waals surface area contributed by atoms with Gasteiger partial charge in [0, 0.05) is 26.9 Å². The number of esters is 1. The molecule has 2 aromatic carbocycles. The lowest BCUT2D eigenvalue weighted by atomic mass is 10.0. The predicted molar refractivity (Wildman–Crippen MR) is 116 cm³/mol. The van der Waals surface area contributed by atoms with Gasteiger partial charge in [-0.15, -0.1) is 11.3 Å². The fraction of sp³-hybridized carbons (Fsp3) is 0.0455. The molecule has 0 aliphatic carbocycles. The number of rotatable bonds is 4. The Bertz CT molecular complexity index is 1340. The standard InChI is InChI=1S/C22H15ClN2O4S/c1-28-22(27)18-15(13-7-3-4-8-16(13)23)11-30-21(18)25-20(26)14-10-12-6-2-5-9-17(12)29-19(14)24/h2-11,24H,1H3,(H,25,26). The SMILES string of the molecule is COC(=O)c1c(-c2ccccc2Cl)csc1NC(=O)c1cc2ccccc2oc1=N. The number of hydrogen-bond acceptors (Lipinski definition) is 6. The van der Waals surface area contributed by atoms with E-state index < -0.39 is 11.9 Å². The molecule has 4 aromatic rings. The van der Waals surface area contributed by atoms with Crippen LogP contribution in [0.1, 0.15) is 20.7 Å². The number of carbonyl (C=O) groups is 2. The number of hydrogen-bond donors (Lipinski definition) is 2. The molecule has 0 aliphatic heterocycles. The molecule has 2 N–H and O–H groups in total. The first kappa shape index (κ1) is 19.9. The molecule has 0 unspecified atom stereocenters. The van der Waals surface area contributed by atoms with Crippen molar-refractivity contribution >= 4 is 50.8 Å². The molecule has 0 saturated carbocycles. The minimum absolute atomic E-state index is 0.0530. The maximum atomic E-state index is 12.9. The number of thiophene rings is 1. The van der Waals surface area contributed by atoms with Gasteiger partial charge in [0.2, 0.25) is 5.55 Å². The predicted octanol–water partition coefficient (Wildman–Crippen LogP) is 5.33. The third kappa shape index (κ3) is 3.60. The van der Waals surface area contributed by atoms with Crippen molar-refractivity contribution in [1.29, 1.82) is 5.41 Å². The van der Waals surface area contributed by atoms with Crippen LogP contribution in [0, 0.1) is 5.41 Å². The van der Waals surface area contributed by atoms with E-state index in [0.717, 1.165) is 0 Å². The lowest BCUT2D eigenvalue weighted by molar-refractivity contribution is 0.0603. The summed E-state index contributed by atoms with van der Waals surface area (Å²) in [6.45, 7) is 0. The van der Waals surface area contributed by atoms with Gasteiger partial charge in [-0.05, 0) is 18.2 Å². The highest BCUT2D eigenvalue weighted by atomic mass is 35.5. The van der Waals surface area contributed by atoms with E-state index in [-0.39, 0.29) is 16.7 Å². The molecule has 0 radical (unpaired) electrons. The topological polar surface area (TPSA) is 92.4 Å². The number of halogens is 1. The first-order valence-electron chi connectivity index (χ1n) is 8.83. The van der Waals surface area contributed by atoms with Crippen LogP contribution in [0.5, 0.6) is 0 Å². The van der Waals surface area contributed by atoms with Gasteiger partial charge in [0.1, 0.15) is 21.7 Å². The molecule has 0 bridgehead atoms. The molecular formula is C22H15ClN2O4S. The maximum absolute atomic E-state index is 12.9. The largest absolute Gasteiger partial charge is 0.465 e. The van der Waals surface area contributed by atoms with Gasteiger partial charge in [0.15, 0.2) is 0 Å². The number of anilines is 1. The van der Waals surface area contributed by atoms with Crippen molar-refractivity contribution in [2.45, 2.75) is 0 Å². The smallest absolute Gasteiger partial charge is 0.341 e. The van der Waals surface area contributed by atoms with Gasteiger partial charge in [-0.1, -0.05) is 48.0 Å². The molecule has 150 valence electrons. The van der Waals surface area contributed by atoms with Crippen LogP contribution in [0.2, 0.25) is 5.02 Å². The van der Waals surface area contributed by atoms with Crippen LogP contribution in [-0.4, -0.2) is 19.0 Å². The minimum Gasteiger partial charge on any atom is -0.465 e. The van der Waals surface area contributed by atoms with Crippen molar-refractivity contribution in [3.63, 3.8) is 0 Å². The van der Waals surface area contributed by atoms with Gasteiger partial charge < -0.3 is 14.5 Å². The first-order chi connectivity index (χ1) is 14.5. The second kappa shape index (κ2) is 8.14. The van der Waals surface area contributed by atoms with Gasteiger partial charge in [-0.3, -0.25) is 10.2 Å². The number of amides is 1. The average Bonchev–Trinajstić information content (AvgIpc) is 3.16. The van der Waals surface area contributed by atoms with Crippen molar-refractivity contribution in [1.82, 2.24) is 0 Å². The van der Waals surface area contributed by atoms with Crippen LogP contribution in [0.25, 0.3) is 22.1 Å². The summed E-state index contributed by atoms with van der Waals surface area (Å²) < 4.78 is 10.4. The molecule has 0 spiro atoms. The van der Waals surface area contributed by atoms with E-state index in [4.69, 9.17) is 26.2 Å². The van der Waals surface area contributed by atoms with E-state index in [1.165, 1.54) is 18.4 Å². The Morgan fingerprint density at radius 3 is 2.60 bits per heavy atom. The lowest BCUT2D eigenvalue weighted by Gasteiger charge is -2.09. The fourth-order valence-corrected chi connectivity index (χ4v) is 4.23. The summed E-state index contributed by atoms with van der Waals surface area (Å²) >= 11 is 7.47. The molecule has 0 fully saturated rings. The van der Waals surface area contributed by atoms with Crippen LogP contribution in [0.4, 0.5) is 5.00 Å². The van der Waals surface area contributed by atoms with Gasteiger partial charge in [0.25, 0.3) is 5.91 Å². The first-order valence-corrected chi connectivity index (χ1v) is 10.1. The Morgan fingerprint density at radius 1 is 1.10 bits per heavy atom. The molecule has 30 heavy (non-hydrogen) atoms. The molecule has 0 saturated heterocycles. The van der Waals surface area contributed by atoms with Crippen LogP contribution in [-0.2, 0) is 4.74 Å². The molecule has 2 heterocycles. The Hall–Kier alpha value is -3.42. The third-order valence-electron chi connectivity index (χ3n) is 4.49. The highest BCUT2D eigenvalue weighted by Crippen LogP contribution is 2.39. The zero-order valence-electron chi connectivity index (χ0n) is 15.7. The van der Waals surface area contributed by atoms with E-state index >= 15 is 0 Å². The summed E-state index contributed by atoms with van der Waals surface area (Å²) in [5.74, 6) is -1.16. The summed E-state index contributed by atoms with van der Waals surface area (Å²) in [5, 5.41) is 14.0.